The third-order valence-corrected chi connectivity index (χ3v) is 5.69. The van der Waals surface area contributed by atoms with Crippen LogP contribution in [0.5, 0.6) is 0 Å². The lowest BCUT2D eigenvalue weighted by atomic mass is 10.0. The van der Waals surface area contributed by atoms with Gasteiger partial charge in [0.15, 0.2) is 0 Å². The van der Waals surface area contributed by atoms with Gasteiger partial charge >= 0.3 is 12.1 Å². The summed E-state index contributed by atoms with van der Waals surface area (Å²) in [7, 11) is 0. The molecule has 10 heteroatoms. The highest BCUT2D eigenvalue weighted by atomic mass is 19.4. The first-order valence-corrected chi connectivity index (χ1v) is 11.8. The lowest BCUT2D eigenvalue weighted by Crippen LogP contribution is -2.21. The Hall–Kier alpha value is -4.70. The summed E-state index contributed by atoms with van der Waals surface area (Å²) < 4.78 is 45.3. The van der Waals surface area contributed by atoms with Crippen molar-refractivity contribution in [1.82, 2.24) is 15.3 Å². The third kappa shape index (κ3) is 7.42. The van der Waals surface area contributed by atoms with Gasteiger partial charge in [-0.05, 0) is 64.7 Å². The molecule has 0 fully saturated rings. The molecule has 1 aromatic heterocycles. The molecular formula is C29H24F4N4O2. The molecular weight excluding hydrogens is 512 g/mol. The van der Waals surface area contributed by atoms with E-state index in [1.807, 2.05) is 30.3 Å². The fourth-order valence-corrected chi connectivity index (χ4v) is 3.88. The summed E-state index contributed by atoms with van der Waals surface area (Å²) >= 11 is 0. The second kappa shape index (κ2) is 11.8. The highest BCUT2D eigenvalue weighted by molar-refractivity contribution is 5.80. The maximum absolute atomic E-state index is 13.5. The van der Waals surface area contributed by atoms with Gasteiger partial charge in [0.1, 0.15) is 11.6 Å². The van der Waals surface area contributed by atoms with Crippen molar-refractivity contribution in [1.29, 1.82) is 0 Å². The molecule has 0 aliphatic heterocycles. The maximum atomic E-state index is 13.5. The molecule has 0 saturated heterocycles. The van der Waals surface area contributed by atoms with Gasteiger partial charge in [-0.3, -0.25) is 0 Å². The van der Waals surface area contributed by atoms with Crippen molar-refractivity contribution in [2.45, 2.75) is 19.3 Å². The van der Waals surface area contributed by atoms with Crippen LogP contribution in [0.4, 0.5) is 23.2 Å². The van der Waals surface area contributed by atoms with E-state index in [1.165, 1.54) is 23.3 Å². The molecule has 0 radical (unpaired) electrons. The van der Waals surface area contributed by atoms with Gasteiger partial charge in [0, 0.05) is 24.3 Å². The van der Waals surface area contributed by atoms with Crippen LogP contribution in [0.2, 0.25) is 0 Å². The highest BCUT2D eigenvalue weighted by Crippen LogP contribution is 2.27. The molecule has 0 bridgehead atoms. The highest BCUT2D eigenvalue weighted by Gasteiger charge is 2.38. The number of carboxylic acids is 1. The first-order chi connectivity index (χ1) is 18.6. The lowest BCUT2D eigenvalue weighted by molar-refractivity contribution is -0.192. The number of nitrogens with one attached hydrogen (secondary N) is 2. The number of aliphatic carboxylic acids is 1. The Labute approximate surface area is 221 Å². The van der Waals surface area contributed by atoms with E-state index in [0.717, 1.165) is 46.8 Å². The van der Waals surface area contributed by atoms with Crippen LogP contribution >= 0.6 is 0 Å². The zero-order valence-corrected chi connectivity index (χ0v) is 20.5. The Kier molecular flexibility index (Phi) is 8.26. The molecule has 0 aliphatic rings. The number of nitrogen functional groups attached to an aromatic ring is 1. The van der Waals surface area contributed by atoms with Crippen molar-refractivity contribution in [3.63, 3.8) is 0 Å². The Bertz CT molecular complexity index is 1600. The van der Waals surface area contributed by atoms with Crippen LogP contribution in [0.1, 0.15) is 11.1 Å². The number of carbonyl (C=O) groups is 1. The second-order valence-electron chi connectivity index (χ2n) is 8.68. The molecule has 4 aromatic carbocycles. The van der Waals surface area contributed by atoms with Crippen molar-refractivity contribution in [2.24, 2.45) is 0 Å². The Balaban J connectivity index is 0.000000448. The zero-order chi connectivity index (χ0) is 28.0. The minimum Gasteiger partial charge on any atom is -0.475 e. The number of aromatic amines is 1. The predicted octanol–water partition coefficient (Wildman–Crippen LogP) is 6.54. The number of nitrogens with zero attached hydrogens (tertiary/aromatic N) is 1. The normalized spacial score (nSPS) is 11.2. The monoisotopic (exact) mass is 536 g/mol. The summed E-state index contributed by atoms with van der Waals surface area (Å²) in [5.74, 6) is -2.30. The average molecular weight is 537 g/mol. The molecule has 6 nitrogen and oxygen atoms in total. The summed E-state index contributed by atoms with van der Waals surface area (Å²) in [6.45, 7) is 1.52. The van der Waals surface area contributed by atoms with Crippen LogP contribution in [0.25, 0.3) is 33.5 Å². The molecule has 0 spiro atoms. The van der Waals surface area contributed by atoms with Gasteiger partial charge < -0.3 is 21.1 Å². The number of hydrogen-bond donors (Lipinski definition) is 4. The first-order valence-electron chi connectivity index (χ1n) is 11.8. The van der Waals surface area contributed by atoms with E-state index in [4.69, 9.17) is 15.6 Å². The number of benzene rings is 4. The summed E-state index contributed by atoms with van der Waals surface area (Å²) in [5.41, 5.74) is 13.7. The van der Waals surface area contributed by atoms with Crippen molar-refractivity contribution < 1.29 is 27.5 Å². The number of hydrogen-bond acceptors (Lipinski definition) is 4. The number of halogens is 4. The smallest absolute Gasteiger partial charge is 0.475 e. The molecule has 0 saturated carbocycles. The van der Waals surface area contributed by atoms with Gasteiger partial charge in [-0.15, -0.1) is 0 Å². The number of H-pyrrole nitrogens is 1. The van der Waals surface area contributed by atoms with Gasteiger partial charge in [-0.2, -0.15) is 13.2 Å². The van der Waals surface area contributed by atoms with Crippen LogP contribution < -0.4 is 11.1 Å². The zero-order valence-electron chi connectivity index (χ0n) is 20.5. The number of carboxylic acid groups (broad SMARTS) is 1. The van der Waals surface area contributed by atoms with Crippen LogP contribution in [0.15, 0.2) is 91.0 Å². The number of nitrogens with two attached hydrogens (primary N) is 1. The van der Waals surface area contributed by atoms with E-state index < -0.39 is 12.1 Å². The van der Waals surface area contributed by atoms with Crippen LogP contribution in [0.3, 0.4) is 0 Å². The van der Waals surface area contributed by atoms with Crippen molar-refractivity contribution in [3.8, 4) is 22.5 Å². The minimum atomic E-state index is -5.08. The Morgan fingerprint density at radius 3 is 2.10 bits per heavy atom. The minimum absolute atomic E-state index is 0.275. The van der Waals surface area contributed by atoms with Crippen molar-refractivity contribution in [3.05, 3.63) is 108 Å². The molecule has 1 heterocycles. The fourth-order valence-electron chi connectivity index (χ4n) is 3.88. The maximum Gasteiger partial charge on any atom is 0.490 e. The number of anilines is 1. The molecule has 0 aliphatic carbocycles. The van der Waals surface area contributed by atoms with Crippen molar-refractivity contribution >= 4 is 22.7 Å². The summed E-state index contributed by atoms with van der Waals surface area (Å²) in [6, 6.07) is 29.2. The van der Waals surface area contributed by atoms with Crippen LogP contribution in [-0.2, 0) is 17.9 Å². The van der Waals surface area contributed by atoms with Gasteiger partial charge in [-0.1, -0.05) is 48.5 Å². The molecule has 5 rings (SSSR count). The number of alkyl halides is 3. The van der Waals surface area contributed by atoms with Gasteiger partial charge in [0.2, 0.25) is 0 Å². The quantitative estimate of drug-likeness (QED) is 0.146. The molecule has 200 valence electrons. The molecule has 0 atom stereocenters. The Morgan fingerprint density at radius 2 is 1.44 bits per heavy atom. The fraction of sp³-hybridized carbons (Fsp3) is 0.103. The predicted molar refractivity (Wildman–Crippen MR) is 142 cm³/mol. The van der Waals surface area contributed by atoms with E-state index in [0.29, 0.717) is 5.52 Å². The van der Waals surface area contributed by atoms with Gasteiger partial charge in [0.05, 0.1) is 11.0 Å². The number of fused-ring (bicyclic) bond motifs is 1. The summed E-state index contributed by atoms with van der Waals surface area (Å²) in [5, 5.41) is 10.6. The van der Waals surface area contributed by atoms with E-state index >= 15 is 0 Å². The van der Waals surface area contributed by atoms with E-state index in [1.54, 1.807) is 6.07 Å². The third-order valence-electron chi connectivity index (χ3n) is 5.69. The molecule has 0 unspecified atom stereocenters. The van der Waals surface area contributed by atoms with E-state index in [9.17, 15) is 17.6 Å². The summed E-state index contributed by atoms with van der Waals surface area (Å²) in [4.78, 5) is 16.7. The van der Waals surface area contributed by atoms with Crippen molar-refractivity contribution in [2.75, 3.05) is 5.73 Å². The topological polar surface area (TPSA) is 104 Å². The molecule has 5 aromatic rings. The number of aromatic nitrogens is 2. The van der Waals surface area contributed by atoms with Gasteiger partial charge in [0.25, 0.3) is 0 Å². The Morgan fingerprint density at radius 1 is 0.846 bits per heavy atom. The second-order valence-corrected chi connectivity index (χ2v) is 8.68. The van der Waals surface area contributed by atoms with E-state index in [-0.39, 0.29) is 5.82 Å². The number of rotatable bonds is 6. The number of imidazole rings is 1. The SMILES string of the molecule is Nc1cccc(CNCc2cccc(-c3cccc(-c4nc5ccc(F)cc5[nH]4)c3)c2)c1.O=C(O)C(F)(F)F. The average Bonchev–Trinajstić information content (AvgIpc) is 3.32. The van der Waals surface area contributed by atoms with Crippen LogP contribution in [-0.4, -0.2) is 27.2 Å². The van der Waals surface area contributed by atoms with E-state index in [2.05, 4.69) is 57.7 Å². The standard InChI is InChI=1S/C27H23FN4.C2HF3O2/c28-23-10-11-25-26(15-23)32-27(31-25)22-8-3-7-21(14-22)20-6-1-4-18(12-20)16-30-17-19-5-2-9-24(29)13-19;3-2(4,5)1(6)7/h1-15,30H,16-17,29H2,(H,31,32);(H,6,7). The van der Waals surface area contributed by atoms with Crippen LogP contribution in [0, 0.1) is 5.82 Å². The van der Waals surface area contributed by atoms with Gasteiger partial charge in [-0.25, -0.2) is 14.2 Å². The molecule has 39 heavy (non-hydrogen) atoms. The lowest BCUT2D eigenvalue weighted by Gasteiger charge is -2.09. The summed E-state index contributed by atoms with van der Waals surface area (Å²) in [6.07, 6.45) is -5.08. The molecule has 5 N–H and O–H groups in total. The largest absolute Gasteiger partial charge is 0.490 e. The first kappa shape index (κ1) is 27.3. The molecule has 0 amide bonds.